The topological polar surface area (TPSA) is 25.4 Å². The van der Waals surface area contributed by atoms with Crippen LogP contribution < -0.4 is 0 Å². The Balaban J connectivity index is 1.98. The molecule has 4 heteroatoms. The van der Waals surface area contributed by atoms with Gasteiger partial charge in [-0.3, -0.25) is 9.88 Å². The van der Waals surface area contributed by atoms with Crippen molar-refractivity contribution >= 4 is 15.9 Å². The summed E-state index contributed by atoms with van der Waals surface area (Å²) < 4.78 is 5.82. The maximum absolute atomic E-state index is 5.82. The third-order valence-corrected chi connectivity index (χ3v) is 3.63. The van der Waals surface area contributed by atoms with Crippen LogP contribution in [0.1, 0.15) is 18.1 Å². The zero-order valence-electron chi connectivity index (χ0n) is 10.4. The second-order valence-electron chi connectivity index (χ2n) is 4.79. The van der Waals surface area contributed by atoms with Gasteiger partial charge < -0.3 is 4.74 Å². The second-order valence-corrected chi connectivity index (χ2v) is 5.44. The van der Waals surface area contributed by atoms with Crippen molar-refractivity contribution in [2.75, 3.05) is 18.4 Å². The Bertz CT molecular complexity index is 372. The Morgan fingerprint density at radius 1 is 1.47 bits per heavy atom. The van der Waals surface area contributed by atoms with Crippen molar-refractivity contribution < 1.29 is 4.74 Å². The van der Waals surface area contributed by atoms with Crippen molar-refractivity contribution in [1.82, 2.24) is 9.88 Å². The minimum atomic E-state index is 0.302. The molecule has 1 fully saturated rings. The van der Waals surface area contributed by atoms with Crippen LogP contribution in [-0.4, -0.2) is 40.5 Å². The Morgan fingerprint density at radius 2 is 2.29 bits per heavy atom. The van der Waals surface area contributed by atoms with Gasteiger partial charge in [0.05, 0.1) is 12.2 Å². The lowest BCUT2D eigenvalue weighted by Crippen LogP contribution is -2.46. The molecule has 17 heavy (non-hydrogen) atoms. The van der Waals surface area contributed by atoms with Crippen LogP contribution in [0, 0.1) is 6.92 Å². The maximum atomic E-state index is 5.82. The molecule has 0 radical (unpaired) electrons. The van der Waals surface area contributed by atoms with Gasteiger partial charge in [-0.2, -0.15) is 0 Å². The molecular formula is C13H19BrN2O. The predicted molar refractivity (Wildman–Crippen MR) is 72.4 cm³/mol. The number of aromatic nitrogens is 1. The molecule has 2 rings (SSSR count). The highest BCUT2D eigenvalue weighted by Gasteiger charge is 2.24. The van der Waals surface area contributed by atoms with Crippen LogP contribution in [0.3, 0.4) is 0 Å². The first-order chi connectivity index (χ1) is 8.17. The van der Waals surface area contributed by atoms with Crippen molar-refractivity contribution in [2.45, 2.75) is 32.6 Å². The van der Waals surface area contributed by atoms with Crippen molar-refractivity contribution in [3.8, 4) is 0 Å². The molecule has 94 valence electrons. The minimum Gasteiger partial charge on any atom is -0.372 e. The zero-order chi connectivity index (χ0) is 12.3. The summed E-state index contributed by atoms with van der Waals surface area (Å²) in [6.45, 7) is 7.17. The van der Waals surface area contributed by atoms with Gasteiger partial charge in [0.2, 0.25) is 0 Å². The Hall–Kier alpha value is -0.450. The fraction of sp³-hybridized carbons (Fsp3) is 0.615. The molecule has 1 saturated heterocycles. The molecule has 0 amide bonds. The first-order valence-corrected chi connectivity index (χ1v) is 7.14. The highest BCUT2D eigenvalue weighted by molar-refractivity contribution is 9.09. The smallest absolute Gasteiger partial charge is 0.0802 e. The lowest BCUT2D eigenvalue weighted by molar-refractivity contribution is -0.0678. The molecule has 0 aliphatic carbocycles. The lowest BCUT2D eigenvalue weighted by atomic mass is 10.1. The van der Waals surface area contributed by atoms with Gasteiger partial charge in [0.15, 0.2) is 0 Å². The lowest BCUT2D eigenvalue weighted by Gasteiger charge is -2.36. The van der Waals surface area contributed by atoms with E-state index in [0.717, 1.165) is 25.0 Å². The maximum Gasteiger partial charge on any atom is 0.0802 e. The normalized spacial score (nSPS) is 26.1. The van der Waals surface area contributed by atoms with Crippen LogP contribution in [0.4, 0.5) is 0 Å². The number of hydrogen-bond acceptors (Lipinski definition) is 3. The van der Waals surface area contributed by atoms with Crippen LogP contribution in [0.2, 0.25) is 0 Å². The van der Waals surface area contributed by atoms with Crippen LogP contribution in [0.5, 0.6) is 0 Å². The fourth-order valence-electron chi connectivity index (χ4n) is 2.32. The summed E-state index contributed by atoms with van der Waals surface area (Å²) in [6.07, 6.45) is 4.46. The number of morpholine rings is 1. The average Bonchev–Trinajstić information content (AvgIpc) is 2.28. The van der Waals surface area contributed by atoms with Crippen LogP contribution in [0.15, 0.2) is 18.5 Å². The van der Waals surface area contributed by atoms with Gasteiger partial charge in [-0.15, -0.1) is 0 Å². The number of alkyl halides is 1. The van der Waals surface area contributed by atoms with Crippen molar-refractivity contribution in [3.63, 3.8) is 0 Å². The summed E-state index contributed by atoms with van der Waals surface area (Å²) in [6, 6.07) is 2.20. The van der Waals surface area contributed by atoms with E-state index < -0.39 is 0 Å². The fourth-order valence-corrected chi connectivity index (χ4v) is 2.67. The van der Waals surface area contributed by atoms with E-state index in [1.807, 2.05) is 12.4 Å². The molecule has 2 heterocycles. The zero-order valence-corrected chi connectivity index (χ0v) is 12.0. The molecule has 0 spiro atoms. The van der Waals surface area contributed by atoms with E-state index in [-0.39, 0.29) is 0 Å². The first kappa shape index (κ1) is 13.0. The number of ether oxygens (including phenoxy) is 1. The number of rotatable bonds is 3. The van der Waals surface area contributed by atoms with Gasteiger partial charge >= 0.3 is 0 Å². The predicted octanol–water partition coefficient (Wildman–Crippen LogP) is 2.37. The molecular weight excluding hydrogens is 280 g/mol. The molecule has 3 nitrogen and oxygen atoms in total. The van der Waals surface area contributed by atoms with Gasteiger partial charge in [0.25, 0.3) is 0 Å². The molecule has 0 saturated carbocycles. The molecule has 2 unspecified atom stereocenters. The average molecular weight is 299 g/mol. The summed E-state index contributed by atoms with van der Waals surface area (Å²) in [4.78, 5) is 6.68. The standard InChI is InChI=1S/C13H19BrN2O/c1-10-3-12(6-15-5-10)8-16-7-11(2)17-13(4-14)9-16/h3,5-6,11,13H,4,7-9H2,1-2H3. The van der Waals surface area contributed by atoms with Crippen molar-refractivity contribution in [2.24, 2.45) is 0 Å². The number of nitrogens with zero attached hydrogens (tertiary/aromatic N) is 2. The Kier molecular flexibility index (Phi) is 4.54. The van der Waals surface area contributed by atoms with Gasteiger partial charge in [-0.1, -0.05) is 22.0 Å². The Morgan fingerprint density at radius 3 is 3.00 bits per heavy atom. The summed E-state index contributed by atoms with van der Waals surface area (Å²) in [5, 5.41) is 0.903. The number of pyridine rings is 1. The molecule has 2 atom stereocenters. The quantitative estimate of drug-likeness (QED) is 0.801. The van der Waals surface area contributed by atoms with Gasteiger partial charge in [-0.25, -0.2) is 0 Å². The van der Waals surface area contributed by atoms with E-state index in [0.29, 0.717) is 12.2 Å². The molecule has 1 aliphatic heterocycles. The largest absolute Gasteiger partial charge is 0.372 e. The number of aryl methyl sites for hydroxylation is 1. The van der Waals surface area contributed by atoms with Gasteiger partial charge in [-0.05, 0) is 25.0 Å². The third-order valence-electron chi connectivity index (χ3n) is 2.91. The Labute approximate surface area is 111 Å². The van der Waals surface area contributed by atoms with Gasteiger partial charge in [0.1, 0.15) is 0 Å². The van der Waals surface area contributed by atoms with Crippen molar-refractivity contribution in [1.29, 1.82) is 0 Å². The van der Waals surface area contributed by atoms with Crippen LogP contribution >= 0.6 is 15.9 Å². The first-order valence-electron chi connectivity index (χ1n) is 6.01. The number of hydrogen-bond donors (Lipinski definition) is 0. The summed E-state index contributed by atoms with van der Waals surface area (Å²) in [5.74, 6) is 0. The van der Waals surface area contributed by atoms with Crippen LogP contribution in [0.25, 0.3) is 0 Å². The van der Waals surface area contributed by atoms with E-state index in [1.165, 1.54) is 11.1 Å². The minimum absolute atomic E-state index is 0.302. The highest BCUT2D eigenvalue weighted by Crippen LogP contribution is 2.15. The molecule has 0 aromatic carbocycles. The van der Waals surface area contributed by atoms with E-state index in [4.69, 9.17) is 4.74 Å². The summed E-state index contributed by atoms with van der Waals surface area (Å²) in [7, 11) is 0. The number of halogens is 1. The highest BCUT2D eigenvalue weighted by atomic mass is 79.9. The van der Waals surface area contributed by atoms with E-state index in [9.17, 15) is 0 Å². The van der Waals surface area contributed by atoms with Crippen LogP contribution in [-0.2, 0) is 11.3 Å². The monoisotopic (exact) mass is 298 g/mol. The molecule has 1 aromatic rings. The third kappa shape index (κ3) is 3.76. The van der Waals surface area contributed by atoms with Crippen molar-refractivity contribution in [3.05, 3.63) is 29.6 Å². The molecule has 1 aromatic heterocycles. The summed E-state index contributed by atoms with van der Waals surface area (Å²) >= 11 is 3.50. The molecule has 0 N–H and O–H groups in total. The second kappa shape index (κ2) is 5.94. The van der Waals surface area contributed by atoms with E-state index in [2.05, 4.69) is 45.7 Å². The summed E-state index contributed by atoms with van der Waals surface area (Å²) in [5.41, 5.74) is 2.51. The van der Waals surface area contributed by atoms with E-state index >= 15 is 0 Å². The molecule has 1 aliphatic rings. The van der Waals surface area contributed by atoms with Gasteiger partial charge in [0, 0.05) is 37.4 Å². The molecule has 0 bridgehead atoms. The van der Waals surface area contributed by atoms with E-state index in [1.54, 1.807) is 0 Å². The SMILES string of the molecule is Cc1cncc(CN2CC(C)OC(CBr)C2)c1.